The number of carbonyl (C=O) groups is 3. The number of hydrogen-bond donors (Lipinski definition) is 1. The summed E-state index contributed by atoms with van der Waals surface area (Å²) < 4.78 is 0. The summed E-state index contributed by atoms with van der Waals surface area (Å²) in [4.78, 5) is 40.1. The highest BCUT2D eigenvalue weighted by Crippen LogP contribution is 2.36. The zero-order chi connectivity index (χ0) is 18.6. The Morgan fingerprint density at radius 1 is 1.00 bits per heavy atom. The molecular formula is C20H26N2O4. The van der Waals surface area contributed by atoms with E-state index >= 15 is 0 Å². The fourth-order valence-corrected chi connectivity index (χ4v) is 3.99. The first-order valence-electron chi connectivity index (χ1n) is 9.37. The predicted octanol–water partition coefficient (Wildman–Crippen LogP) is 2.03. The summed E-state index contributed by atoms with van der Waals surface area (Å²) in [7, 11) is 0. The molecule has 1 aromatic rings. The summed E-state index contributed by atoms with van der Waals surface area (Å²) in [6.07, 6.45) is 4.17. The van der Waals surface area contributed by atoms with Crippen molar-refractivity contribution in [3.63, 3.8) is 0 Å². The van der Waals surface area contributed by atoms with Crippen LogP contribution < -0.4 is 0 Å². The third-order valence-corrected chi connectivity index (χ3v) is 5.70. The van der Waals surface area contributed by atoms with Gasteiger partial charge in [0.2, 0.25) is 11.8 Å². The largest absolute Gasteiger partial charge is 0.481 e. The molecule has 0 radical (unpaired) electrons. The normalized spacial score (nSPS) is 20.5. The third-order valence-electron chi connectivity index (χ3n) is 5.70. The number of amides is 2. The van der Waals surface area contributed by atoms with Crippen molar-refractivity contribution in [2.24, 2.45) is 0 Å². The molecule has 0 saturated carbocycles. The number of carbonyl (C=O) groups excluding carboxylic acids is 2. The first-order valence-corrected chi connectivity index (χ1v) is 9.37. The lowest BCUT2D eigenvalue weighted by atomic mass is 9.73. The molecule has 2 amide bonds. The van der Waals surface area contributed by atoms with Crippen molar-refractivity contribution in [1.82, 2.24) is 9.80 Å². The van der Waals surface area contributed by atoms with Gasteiger partial charge >= 0.3 is 5.97 Å². The second kappa shape index (κ2) is 7.89. The van der Waals surface area contributed by atoms with Gasteiger partial charge in [0, 0.05) is 26.1 Å². The maximum Gasteiger partial charge on any atom is 0.314 e. The van der Waals surface area contributed by atoms with Gasteiger partial charge in [-0.15, -0.1) is 0 Å². The van der Waals surface area contributed by atoms with Gasteiger partial charge < -0.3 is 14.9 Å². The minimum absolute atomic E-state index is 0.0528. The molecule has 3 rings (SSSR count). The standard InChI is InChI=1S/C20H26N2O4/c23-17-9-5-2-6-12-22(17)15-18(24)21-13-10-20(11-14-21,19(25)26)16-7-3-1-4-8-16/h1,3-4,7-8H,2,5-6,9-15H2,(H,25,26). The second-order valence-electron chi connectivity index (χ2n) is 7.26. The highest BCUT2D eigenvalue weighted by atomic mass is 16.4. The summed E-state index contributed by atoms with van der Waals surface area (Å²) in [6, 6.07) is 9.27. The van der Waals surface area contributed by atoms with E-state index in [0.29, 0.717) is 38.9 Å². The van der Waals surface area contributed by atoms with Gasteiger partial charge in [-0.05, 0) is 31.2 Å². The Hall–Kier alpha value is -2.37. The SMILES string of the molecule is O=C(CN1CCCCCC1=O)N1CCC(C(=O)O)(c2ccccc2)CC1. The lowest BCUT2D eigenvalue weighted by Gasteiger charge is -2.39. The summed E-state index contributed by atoms with van der Waals surface area (Å²) in [5, 5.41) is 9.84. The van der Waals surface area contributed by atoms with E-state index in [1.165, 1.54) is 0 Å². The molecule has 2 aliphatic heterocycles. The molecule has 2 fully saturated rings. The lowest BCUT2D eigenvalue weighted by Crippen LogP contribution is -2.51. The van der Waals surface area contributed by atoms with Gasteiger partial charge in [0.25, 0.3) is 0 Å². The Balaban J connectivity index is 1.64. The quantitative estimate of drug-likeness (QED) is 0.893. The maximum absolute atomic E-state index is 12.6. The van der Waals surface area contributed by atoms with Gasteiger partial charge in [-0.1, -0.05) is 36.8 Å². The van der Waals surface area contributed by atoms with Crippen LogP contribution in [0.4, 0.5) is 0 Å². The molecule has 0 aromatic heterocycles. The minimum Gasteiger partial charge on any atom is -0.481 e. The monoisotopic (exact) mass is 358 g/mol. The molecule has 1 N–H and O–H groups in total. The van der Waals surface area contributed by atoms with E-state index in [4.69, 9.17) is 0 Å². The smallest absolute Gasteiger partial charge is 0.314 e. The minimum atomic E-state index is -0.934. The number of aliphatic carboxylic acids is 1. The average molecular weight is 358 g/mol. The van der Waals surface area contributed by atoms with Crippen LogP contribution in [-0.2, 0) is 19.8 Å². The molecule has 6 nitrogen and oxygen atoms in total. The Kier molecular flexibility index (Phi) is 5.59. The summed E-state index contributed by atoms with van der Waals surface area (Å²) in [5.41, 5.74) is -0.140. The Morgan fingerprint density at radius 3 is 2.35 bits per heavy atom. The molecule has 0 atom stereocenters. The van der Waals surface area contributed by atoms with Crippen molar-refractivity contribution < 1.29 is 19.5 Å². The molecule has 1 aromatic carbocycles. The zero-order valence-electron chi connectivity index (χ0n) is 15.0. The van der Waals surface area contributed by atoms with E-state index in [2.05, 4.69) is 0 Å². The van der Waals surface area contributed by atoms with Crippen molar-refractivity contribution in [3.05, 3.63) is 35.9 Å². The maximum atomic E-state index is 12.6. The fourth-order valence-electron chi connectivity index (χ4n) is 3.99. The third kappa shape index (κ3) is 3.74. The Labute approximate surface area is 153 Å². The molecule has 0 unspecified atom stereocenters. The molecular weight excluding hydrogens is 332 g/mol. The van der Waals surface area contributed by atoms with Gasteiger partial charge in [0.1, 0.15) is 0 Å². The van der Waals surface area contributed by atoms with Gasteiger partial charge in [-0.3, -0.25) is 14.4 Å². The van der Waals surface area contributed by atoms with Crippen LogP contribution in [0.5, 0.6) is 0 Å². The highest BCUT2D eigenvalue weighted by molar-refractivity contribution is 5.86. The van der Waals surface area contributed by atoms with Gasteiger partial charge in [-0.25, -0.2) is 0 Å². The molecule has 0 aliphatic carbocycles. The number of likely N-dealkylation sites (tertiary alicyclic amines) is 2. The molecule has 26 heavy (non-hydrogen) atoms. The van der Waals surface area contributed by atoms with E-state index in [1.54, 1.807) is 9.80 Å². The Bertz CT molecular complexity index is 666. The van der Waals surface area contributed by atoms with Crippen LogP contribution in [0.3, 0.4) is 0 Å². The number of carboxylic acids is 1. The molecule has 2 saturated heterocycles. The van der Waals surface area contributed by atoms with Crippen molar-refractivity contribution in [3.8, 4) is 0 Å². The highest BCUT2D eigenvalue weighted by Gasteiger charge is 2.43. The molecule has 0 bridgehead atoms. The zero-order valence-corrected chi connectivity index (χ0v) is 15.0. The van der Waals surface area contributed by atoms with Crippen LogP contribution >= 0.6 is 0 Å². The first-order chi connectivity index (χ1) is 12.5. The molecule has 2 heterocycles. The molecule has 140 valence electrons. The molecule has 0 spiro atoms. The number of piperidine rings is 1. The molecule has 6 heteroatoms. The van der Waals surface area contributed by atoms with Crippen LogP contribution in [0.25, 0.3) is 0 Å². The van der Waals surface area contributed by atoms with Crippen molar-refractivity contribution >= 4 is 17.8 Å². The van der Waals surface area contributed by atoms with Crippen molar-refractivity contribution in [1.29, 1.82) is 0 Å². The number of nitrogens with zero attached hydrogens (tertiary/aromatic N) is 2. The topological polar surface area (TPSA) is 77.9 Å². The van der Waals surface area contributed by atoms with Gasteiger partial charge in [0.05, 0.1) is 12.0 Å². The van der Waals surface area contributed by atoms with Crippen LogP contribution in [0.2, 0.25) is 0 Å². The number of benzene rings is 1. The van der Waals surface area contributed by atoms with Crippen LogP contribution in [0.1, 0.15) is 44.1 Å². The van der Waals surface area contributed by atoms with E-state index in [9.17, 15) is 19.5 Å². The number of hydrogen-bond acceptors (Lipinski definition) is 3. The van der Waals surface area contributed by atoms with E-state index in [1.807, 2.05) is 30.3 Å². The van der Waals surface area contributed by atoms with Crippen LogP contribution in [0, 0.1) is 0 Å². The number of rotatable bonds is 4. The van der Waals surface area contributed by atoms with E-state index < -0.39 is 11.4 Å². The first kappa shape index (κ1) is 18.4. The summed E-state index contributed by atoms with van der Waals surface area (Å²) in [5.74, 6) is -0.858. The fraction of sp³-hybridized carbons (Fsp3) is 0.550. The second-order valence-corrected chi connectivity index (χ2v) is 7.26. The summed E-state index contributed by atoms with van der Waals surface area (Å²) in [6.45, 7) is 1.57. The van der Waals surface area contributed by atoms with Crippen LogP contribution in [-0.4, -0.2) is 58.9 Å². The van der Waals surface area contributed by atoms with E-state index in [-0.39, 0.29) is 18.4 Å². The van der Waals surface area contributed by atoms with Crippen LogP contribution in [0.15, 0.2) is 30.3 Å². The lowest BCUT2D eigenvalue weighted by molar-refractivity contribution is -0.149. The Morgan fingerprint density at radius 2 is 1.69 bits per heavy atom. The van der Waals surface area contributed by atoms with Gasteiger partial charge in [0.15, 0.2) is 0 Å². The summed E-state index contributed by atoms with van der Waals surface area (Å²) >= 11 is 0. The average Bonchev–Trinajstić information content (AvgIpc) is 2.86. The van der Waals surface area contributed by atoms with Crippen molar-refractivity contribution in [2.75, 3.05) is 26.2 Å². The predicted molar refractivity (Wildman–Crippen MR) is 96.6 cm³/mol. The van der Waals surface area contributed by atoms with Gasteiger partial charge in [-0.2, -0.15) is 0 Å². The number of carboxylic acid groups (broad SMARTS) is 1. The van der Waals surface area contributed by atoms with Crippen molar-refractivity contribution in [2.45, 2.75) is 43.9 Å². The van der Waals surface area contributed by atoms with E-state index in [0.717, 1.165) is 24.8 Å². The molecule has 2 aliphatic rings.